The molecule has 148 valence electrons. The highest BCUT2D eigenvalue weighted by atomic mass is 16.8. The van der Waals surface area contributed by atoms with E-state index in [1.807, 2.05) is 38.1 Å². The molecule has 0 N–H and O–H groups in total. The maximum Gasteiger partial charge on any atom is 0.190 e. The molecule has 3 fully saturated rings. The molecule has 2 aromatic carbocycles. The summed E-state index contributed by atoms with van der Waals surface area (Å²) in [5.74, 6) is -0.640. The zero-order valence-electron chi connectivity index (χ0n) is 16.4. The van der Waals surface area contributed by atoms with Gasteiger partial charge in [-0.25, -0.2) is 0 Å². The molecule has 5 nitrogen and oxygen atoms in total. The van der Waals surface area contributed by atoms with E-state index in [1.54, 1.807) is 0 Å². The zero-order chi connectivity index (χ0) is 19.2. The lowest BCUT2D eigenvalue weighted by Crippen LogP contribution is -2.67. The van der Waals surface area contributed by atoms with Crippen LogP contribution in [-0.2, 0) is 32.1 Å². The number of rotatable bonds is 5. The van der Waals surface area contributed by atoms with Gasteiger partial charge in [0.05, 0.1) is 6.61 Å². The first-order valence-electron chi connectivity index (χ1n) is 9.98. The van der Waals surface area contributed by atoms with Crippen LogP contribution >= 0.6 is 0 Å². The molecule has 0 bridgehead atoms. The lowest BCUT2D eigenvalue weighted by atomic mass is 9.86. The van der Waals surface area contributed by atoms with Crippen LogP contribution in [0.1, 0.15) is 25.0 Å². The Balaban J connectivity index is 1.29. The van der Waals surface area contributed by atoms with Crippen LogP contribution in [0.15, 0.2) is 60.7 Å². The summed E-state index contributed by atoms with van der Waals surface area (Å²) in [4.78, 5) is 2.39. The summed E-state index contributed by atoms with van der Waals surface area (Å²) in [6, 6.07) is 20.8. The molecular weight excluding hydrogens is 354 g/mol. The summed E-state index contributed by atoms with van der Waals surface area (Å²) in [5, 5.41) is 0. The van der Waals surface area contributed by atoms with E-state index in [0.717, 1.165) is 25.2 Å². The van der Waals surface area contributed by atoms with Crippen LogP contribution in [-0.4, -0.2) is 47.9 Å². The van der Waals surface area contributed by atoms with Crippen molar-refractivity contribution in [3.63, 3.8) is 0 Å². The molecular formula is C23H27NO4. The average molecular weight is 381 g/mol. The van der Waals surface area contributed by atoms with Crippen molar-refractivity contribution in [2.24, 2.45) is 0 Å². The van der Waals surface area contributed by atoms with E-state index in [2.05, 4.69) is 41.3 Å². The molecule has 0 aromatic heterocycles. The smallest absolute Gasteiger partial charge is 0.190 e. The molecule has 0 aliphatic carbocycles. The first-order valence-corrected chi connectivity index (χ1v) is 9.98. The van der Waals surface area contributed by atoms with Crippen molar-refractivity contribution in [2.45, 2.75) is 56.9 Å². The number of nitrogens with zero attached hydrogens (tertiary/aromatic N) is 1. The van der Waals surface area contributed by atoms with Crippen molar-refractivity contribution in [3.05, 3.63) is 71.8 Å². The minimum atomic E-state index is -0.640. The third-order valence-electron chi connectivity index (χ3n) is 5.76. The first-order chi connectivity index (χ1) is 13.5. The maximum absolute atomic E-state index is 6.40. The third-order valence-corrected chi connectivity index (χ3v) is 5.76. The molecule has 28 heavy (non-hydrogen) atoms. The summed E-state index contributed by atoms with van der Waals surface area (Å²) >= 11 is 0. The lowest BCUT2D eigenvalue weighted by molar-refractivity contribution is -0.272. The second-order valence-corrected chi connectivity index (χ2v) is 8.50. The van der Waals surface area contributed by atoms with E-state index in [9.17, 15) is 0 Å². The molecule has 3 heterocycles. The summed E-state index contributed by atoms with van der Waals surface area (Å²) in [6.07, 6.45) is -0.709. The van der Waals surface area contributed by atoms with Crippen LogP contribution in [0.25, 0.3) is 0 Å². The van der Waals surface area contributed by atoms with Crippen LogP contribution in [0, 0.1) is 0 Å². The van der Waals surface area contributed by atoms with Crippen molar-refractivity contribution in [1.82, 2.24) is 4.90 Å². The topological polar surface area (TPSA) is 40.2 Å². The van der Waals surface area contributed by atoms with Crippen LogP contribution in [0.4, 0.5) is 0 Å². The maximum atomic E-state index is 6.40. The molecule has 3 aliphatic heterocycles. The highest BCUT2D eigenvalue weighted by Gasteiger charge is 2.66. The van der Waals surface area contributed by atoms with Crippen LogP contribution in [0.5, 0.6) is 0 Å². The van der Waals surface area contributed by atoms with Crippen molar-refractivity contribution in [2.75, 3.05) is 13.1 Å². The van der Waals surface area contributed by atoms with E-state index in [1.165, 1.54) is 5.56 Å². The predicted molar refractivity (Wildman–Crippen MR) is 104 cm³/mol. The van der Waals surface area contributed by atoms with Crippen LogP contribution in [0.2, 0.25) is 0 Å². The van der Waals surface area contributed by atoms with Crippen molar-refractivity contribution < 1.29 is 18.9 Å². The lowest BCUT2D eigenvalue weighted by Gasteiger charge is -2.50. The zero-order valence-corrected chi connectivity index (χ0v) is 16.4. The van der Waals surface area contributed by atoms with Gasteiger partial charge in [-0.1, -0.05) is 60.7 Å². The average Bonchev–Trinajstić information content (AvgIpc) is 3.10. The minimum absolute atomic E-state index is 0.147. The second kappa shape index (κ2) is 6.94. The van der Waals surface area contributed by atoms with E-state index >= 15 is 0 Å². The fraction of sp³-hybridized carbons (Fsp3) is 0.478. The Morgan fingerprint density at radius 3 is 2.21 bits per heavy atom. The Labute approximate surface area is 166 Å². The Morgan fingerprint density at radius 2 is 1.54 bits per heavy atom. The van der Waals surface area contributed by atoms with Gasteiger partial charge < -0.3 is 18.9 Å². The SMILES string of the molecule is CC1(C)O[C@H]2OC3(CN(Cc4ccccc4)C3)[C@H](OCc3ccccc3)[C@H]2O1. The van der Waals surface area contributed by atoms with E-state index in [4.69, 9.17) is 18.9 Å². The molecule has 5 heteroatoms. The fourth-order valence-corrected chi connectivity index (χ4v) is 4.58. The van der Waals surface area contributed by atoms with Crippen LogP contribution in [0.3, 0.4) is 0 Å². The van der Waals surface area contributed by atoms with Gasteiger partial charge in [-0.3, -0.25) is 4.90 Å². The molecule has 3 atom stereocenters. The molecule has 5 rings (SSSR count). The monoisotopic (exact) mass is 381 g/mol. The molecule has 0 amide bonds. The van der Waals surface area contributed by atoms with Gasteiger partial charge in [-0.05, 0) is 25.0 Å². The fourth-order valence-electron chi connectivity index (χ4n) is 4.58. The molecule has 0 unspecified atom stereocenters. The van der Waals surface area contributed by atoms with Gasteiger partial charge in [-0.2, -0.15) is 0 Å². The van der Waals surface area contributed by atoms with Crippen molar-refractivity contribution in [1.29, 1.82) is 0 Å². The Hall–Kier alpha value is -1.76. The largest absolute Gasteiger partial charge is 0.367 e. The van der Waals surface area contributed by atoms with Gasteiger partial charge in [0.1, 0.15) is 17.8 Å². The first kappa shape index (κ1) is 18.3. The van der Waals surface area contributed by atoms with Gasteiger partial charge in [0, 0.05) is 19.6 Å². The van der Waals surface area contributed by atoms with Gasteiger partial charge in [-0.15, -0.1) is 0 Å². The highest BCUT2D eigenvalue weighted by Crippen LogP contribution is 2.47. The molecule has 0 radical (unpaired) electrons. The van der Waals surface area contributed by atoms with Gasteiger partial charge >= 0.3 is 0 Å². The van der Waals surface area contributed by atoms with Gasteiger partial charge in [0.15, 0.2) is 12.1 Å². The van der Waals surface area contributed by atoms with Crippen molar-refractivity contribution >= 4 is 0 Å². The summed E-state index contributed by atoms with van der Waals surface area (Å²) in [5.41, 5.74) is 2.10. The second-order valence-electron chi connectivity index (χ2n) is 8.50. The predicted octanol–water partition coefficient (Wildman–Crippen LogP) is 3.33. The number of fused-ring (bicyclic) bond motifs is 1. The molecule has 1 spiro atoms. The quantitative estimate of drug-likeness (QED) is 0.795. The molecule has 2 aromatic rings. The summed E-state index contributed by atoms with van der Waals surface area (Å²) in [7, 11) is 0. The highest BCUT2D eigenvalue weighted by molar-refractivity contribution is 5.19. The molecule has 0 saturated carbocycles. The van der Waals surface area contributed by atoms with E-state index < -0.39 is 5.79 Å². The summed E-state index contributed by atoms with van der Waals surface area (Å²) in [6.45, 7) is 6.96. The number of benzene rings is 2. The van der Waals surface area contributed by atoms with E-state index in [-0.39, 0.29) is 24.1 Å². The Bertz CT molecular complexity index is 804. The third kappa shape index (κ3) is 3.38. The standard InChI is InChI=1S/C23H27NO4/c1-22(2)26-19-20(25-14-18-11-7-4-8-12-18)23(28-21(19)27-22)15-24(16-23)13-17-9-5-3-6-10-17/h3-12,19-21H,13-16H2,1-2H3/t19-,20-,21+/m1/s1. The number of ether oxygens (including phenoxy) is 4. The van der Waals surface area contributed by atoms with E-state index in [0.29, 0.717) is 6.61 Å². The number of hydrogen-bond acceptors (Lipinski definition) is 5. The molecule has 3 saturated heterocycles. The van der Waals surface area contributed by atoms with Crippen molar-refractivity contribution in [3.8, 4) is 0 Å². The number of likely N-dealkylation sites (tertiary alicyclic amines) is 1. The van der Waals surface area contributed by atoms with Crippen LogP contribution < -0.4 is 0 Å². The van der Waals surface area contributed by atoms with Gasteiger partial charge in [0.2, 0.25) is 0 Å². The molecule has 3 aliphatic rings. The minimum Gasteiger partial charge on any atom is -0.367 e. The van der Waals surface area contributed by atoms with Gasteiger partial charge in [0.25, 0.3) is 0 Å². The Morgan fingerprint density at radius 1 is 0.893 bits per heavy atom. The summed E-state index contributed by atoms with van der Waals surface area (Å²) < 4.78 is 25.0. The normalized spacial score (nSPS) is 30.3. The Kier molecular flexibility index (Phi) is 4.53. The number of hydrogen-bond donors (Lipinski definition) is 0.